The fourth-order valence-corrected chi connectivity index (χ4v) is 9.61. The minimum atomic E-state index is 0.258. The Morgan fingerprint density at radius 3 is 2.23 bits per heavy atom. The number of hydrogen-bond donors (Lipinski definition) is 0. The number of aromatic nitrogens is 3. The first-order valence-electron chi connectivity index (χ1n) is 17.7. The monoisotopic (exact) mass is 592 g/mol. The fraction of sp³-hybridized carbons (Fsp3) is 0.611. The lowest BCUT2D eigenvalue weighted by molar-refractivity contribution is 0.0265. The van der Waals surface area contributed by atoms with Crippen molar-refractivity contribution in [1.29, 1.82) is 0 Å². The first-order chi connectivity index (χ1) is 21.7. The Kier molecular flexibility index (Phi) is 6.66. The average Bonchev–Trinajstić information content (AvgIpc) is 3.86. The van der Waals surface area contributed by atoms with Gasteiger partial charge in [0.1, 0.15) is 11.6 Å². The molecular formula is C36H48N8. The van der Waals surface area contributed by atoms with Crippen LogP contribution in [0.15, 0.2) is 36.4 Å². The molecule has 9 rings (SSSR count). The van der Waals surface area contributed by atoms with Gasteiger partial charge >= 0.3 is 0 Å². The smallest absolute Gasteiger partial charge is 0.229 e. The summed E-state index contributed by atoms with van der Waals surface area (Å²) in [7, 11) is 0. The summed E-state index contributed by atoms with van der Waals surface area (Å²) in [6, 6.07) is 12.0. The lowest BCUT2D eigenvalue weighted by Gasteiger charge is -2.54. The summed E-state index contributed by atoms with van der Waals surface area (Å²) in [5.74, 6) is 3.21. The van der Waals surface area contributed by atoms with Crippen LogP contribution in [0.2, 0.25) is 0 Å². The van der Waals surface area contributed by atoms with Gasteiger partial charge in [0.2, 0.25) is 5.95 Å². The Labute approximate surface area is 262 Å². The molecule has 1 aromatic carbocycles. The second-order valence-electron chi connectivity index (χ2n) is 14.3. The standard InChI is InChI=1S/C36H48N8/c1-2-36-13-9-18-42-19-12-29-28-10-3-4-11-30(28)44(33(29)34(36)42)27(25-36)26-39-20-22-41(23-21-39)32-24-31(40-14-5-6-15-40)37-35(38-32)43-16-7-8-17-43/h3-4,10-11,24-25,34H,2,5-9,12-23,26H2,1H3/t34-,36+/m1/s1. The molecule has 6 aliphatic rings. The molecular weight excluding hydrogens is 544 g/mol. The Hall–Kier alpha value is -3.10. The van der Waals surface area contributed by atoms with Gasteiger partial charge in [0, 0.05) is 93.7 Å². The summed E-state index contributed by atoms with van der Waals surface area (Å²) in [4.78, 5) is 23.2. The topological polar surface area (TPSA) is 46.9 Å². The molecule has 0 saturated carbocycles. The van der Waals surface area contributed by atoms with Gasteiger partial charge in [-0.2, -0.15) is 9.97 Å². The molecule has 44 heavy (non-hydrogen) atoms. The van der Waals surface area contributed by atoms with E-state index in [1.165, 1.54) is 81.1 Å². The van der Waals surface area contributed by atoms with Gasteiger partial charge < -0.3 is 19.3 Å². The van der Waals surface area contributed by atoms with Crippen LogP contribution in [0.4, 0.5) is 17.6 Å². The highest BCUT2D eigenvalue weighted by molar-refractivity contribution is 5.90. The van der Waals surface area contributed by atoms with Crippen LogP contribution in [0, 0.1) is 5.41 Å². The Bertz CT molecular complexity index is 1540. The third-order valence-electron chi connectivity index (χ3n) is 11.9. The van der Waals surface area contributed by atoms with Crippen LogP contribution in [-0.4, -0.2) is 96.3 Å². The SMILES string of the molecule is CC[C@@]12C=C(CN3CCN(c4cc(N5CCCC5)nc(N5CCCC5)n4)CC3)n3c4c(c5ccccc53)CCN(CCC1)[C@H]42. The van der Waals surface area contributed by atoms with E-state index in [-0.39, 0.29) is 5.41 Å². The van der Waals surface area contributed by atoms with Crippen molar-refractivity contribution in [3.05, 3.63) is 47.7 Å². The van der Waals surface area contributed by atoms with E-state index in [1.54, 1.807) is 11.3 Å². The van der Waals surface area contributed by atoms with E-state index < -0.39 is 0 Å². The second kappa shape index (κ2) is 10.8. The predicted molar refractivity (Wildman–Crippen MR) is 180 cm³/mol. The minimum Gasteiger partial charge on any atom is -0.356 e. The third kappa shape index (κ3) is 4.31. The molecule has 0 spiro atoms. The quantitative estimate of drug-likeness (QED) is 0.380. The maximum atomic E-state index is 5.17. The highest BCUT2D eigenvalue weighted by atomic mass is 15.4. The molecule has 2 atom stereocenters. The number of anilines is 3. The minimum absolute atomic E-state index is 0.258. The van der Waals surface area contributed by atoms with Crippen LogP contribution >= 0.6 is 0 Å². The molecule has 2 aromatic heterocycles. The van der Waals surface area contributed by atoms with E-state index in [2.05, 4.69) is 72.4 Å². The number of para-hydroxylation sites is 1. The fourth-order valence-electron chi connectivity index (χ4n) is 9.61. The van der Waals surface area contributed by atoms with E-state index in [4.69, 9.17) is 9.97 Å². The van der Waals surface area contributed by atoms with Crippen molar-refractivity contribution in [2.24, 2.45) is 5.41 Å². The highest BCUT2D eigenvalue weighted by Gasteiger charge is 2.50. The Morgan fingerprint density at radius 1 is 0.773 bits per heavy atom. The van der Waals surface area contributed by atoms with Crippen molar-refractivity contribution >= 4 is 34.2 Å². The Morgan fingerprint density at radius 2 is 1.48 bits per heavy atom. The Balaban J connectivity index is 1.00. The summed E-state index contributed by atoms with van der Waals surface area (Å²) in [5, 5.41) is 1.49. The summed E-state index contributed by atoms with van der Waals surface area (Å²) < 4.78 is 2.71. The molecule has 0 aliphatic carbocycles. The zero-order valence-electron chi connectivity index (χ0n) is 26.6. The van der Waals surface area contributed by atoms with Crippen molar-refractivity contribution in [3.8, 4) is 0 Å². The molecule has 8 heterocycles. The first kappa shape index (κ1) is 27.2. The van der Waals surface area contributed by atoms with Crippen molar-refractivity contribution < 1.29 is 0 Å². The van der Waals surface area contributed by atoms with Crippen LogP contribution in [-0.2, 0) is 6.42 Å². The van der Waals surface area contributed by atoms with E-state index in [1.807, 2.05) is 0 Å². The van der Waals surface area contributed by atoms with Crippen LogP contribution in [0.3, 0.4) is 0 Å². The summed E-state index contributed by atoms with van der Waals surface area (Å²) in [6.07, 6.45) is 12.8. The molecule has 4 saturated heterocycles. The molecule has 0 unspecified atom stereocenters. The molecule has 0 radical (unpaired) electrons. The maximum Gasteiger partial charge on any atom is 0.229 e. The van der Waals surface area contributed by atoms with Crippen molar-refractivity contribution in [2.45, 2.75) is 64.3 Å². The molecule has 0 N–H and O–H groups in total. The zero-order chi connectivity index (χ0) is 29.3. The molecule has 6 aliphatic heterocycles. The number of piperazine rings is 1. The third-order valence-corrected chi connectivity index (χ3v) is 11.9. The molecule has 0 amide bonds. The summed E-state index contributed by atoms with van der Waals surface area (Å²) >= 11 is 0. The normalized spacial score (nSPS) is 27.3. The number of hydrogen-bond acceptors (Lipinski definition) is 7. The van der Waals surface area contributed by atoms with Gasteiger partial charge in [-0.3, -0.25) is 9.80 Å². The lowest BCUT2D eigenvalue weighted by Crippen LogP contribution is -2.52. The van der Waals surface area contributed by atoms with Crippen molar-refractivity contribution in [2.75, 3.05) is 86.7 Å². The maximum absolute atomic E-state index is 5.17. The largest absolute Gasteiger partial charge is 0.356 e. The van der Waals surface area contributed by atoms with Crippen molar-refractivity contribution in [3.63, 3.8) is 0 Å². The van der Waals surface area contributed by atoms with E-state index in [0.29, 0.717) is 6.04 Å². The average molecular weight is 593 g/mol. The lowest BCUT2D eigenvalue weighted by atomic mass is 9.66. The van der Waals surface area contributed by atoms with E-state index in [0.717, 1.165) is 76.5 Å². The van der Waals surface area contributed by atoms with E-state index in [9.17, 15) is 0 Å². The van der Waals surface area contributed by atoms with Gasteiger partial charge in [-0.15, -0.1) is 0 Å². The van der Waals surface area contributed by atoms with Crippen LogP contribution < -0.4 is 14.7 Å². The number of nitrogens with zero attached hydrogens (tertiary/aromatic N) is 8. The van der Waals surface area contributed by atoms with E-state index >= 15 is 0 Å². The number of piperidine rings is 1. The first-order valence-corrected chi connectivity index (χ1v) is 17.7. The molecule has 4 fully saturated rings. The summed E-state index contributed by atoms with van der Waals surface area (Å²) in [6.45, 7) is 14.5. The van der Waals surface area contributed by atoms with Gasteiger partial charge in [0.15, 0.2) is 0 Å². The molecule has 0 bridgehead atoms. The second-order valence-corrected chi connectivity index (χ2v) is 14.3. The molecule has 8 heteroatoms. The number of rotatable bonds is 6. The molecule has 8 nitrogen and oxygen atoms in total. The van der Waals surface area contributed by atoms with Gasteiger partial charge in [-0.1, -0.05) is 31.2 Å². The highest BCUT2D eigenvalue weighted by Crippen LogP contribution is 2.57. The van der Waals surface area contributed by atoms with Crippen LogP contribution in [0.5, 0.6) is 0 Å². The summed E-state index contributed by atoms with van der Waals surface area (Å²) in [5.41, 5.74) is 6.45. The number of fused-ring (bicyclic) bond motifs is 3. The van der Waals surface area contributed by atoms with Gasteiger partial charge in [-0.05, 0) is 69.5 Å². The molecule has 3 aromatic rings. The predicted octanol–water partition coefficient (Wildman–Crippen LogP) is 5.40. The molecule has 232 valence electrons. The zero-order valence-corrected chi connectivity index (χ0v) is 26.6. The van der Waals surface area contributed by atoms with Gasteiger partial charge in [-0.25, -0.2) is 0 Å². The van der Waals surface area contributed by atoms with Crippen molar-refractivity contribution in [1.82, 2.24) is 24.3 Å². The van der Waals surface area contributed by atoms with Crippen LogP contribution in [0.25, 0.3) is 16.6 Å². The van der Waals surface area contributed by atoms with Gasteiger partial charge in [0.05, 0.1) is 11.6 Å². The van der Waals surface area contributed by atoms with Crippen LogP contribution in [0.1, 0.15) is 69.2 Å². The number of benzene rings is 1. The van der Waals surface area contributed by atoms with Gasteiger partial charge in [0.25, 0.3) is 0 Å².